The van der Waals surface area contributed by atoms with Crippen molar-refractivity contribution in [1.29, 1.82) is 0 Å². The van der Waals surface area contributed by atoms with Gasteiger partial charge < -0.3 is 9.47 Å². The minimum absolute atomic E-state index is 0.00181. The molecule has 4 nitrogen and oxygen atoms in total. The van der Waals surface area contributed by atoms with Crippen molar-refractivity contribution in [3.8, 4) is 5.88 Å². The first-order valence-corrected chi connectivity index (χ1v) is 8.14. The Bertz CT molecular complexity index is 473. The highest BCUT2D eigenvalue weighted by Crippen LogP contribution is 2.29. The lowest BCUT2D eigenvalue weighted by Crippen LogP contribution is -2.33. The van der Waals surface area contributed by atoms with Gasteiger partial charge in [-0.3, -0.25) is 4.79 Å². The van der Waals surface area contributed by atoms with Gasteiger partial charge in [0.25, 0.3) is 0 Å². The molecule has 1 aromatic heterocycles. The predicted octanol–water partition coefficient (Wildman–Crippen LogP) is 4.12. The minimum atomic E-state index is -0.411. The van der Waals surface area contributed by atoms with Crippen molar-refractivity contribution in [1.82, 2.24) is 4.98 Å². The molecular weight excluding hydrogens is 334 g/mol. The van der Waals surface area contributed by atoms with E-state index in [1.54, 1.807) is 6.20 Å². The fourth-order valence-electron chi connectivity index (χ4n) is 2.40. The van der Waals surface area contributed by atoms with Crippen molar-refractivity contribution in [2.75, 3.05) is 0 Å². The molecule has 0 N–H and O–H groups in total. The maximum absolute atomic E-state index is 12.0. The highest BCUT2D eigenvalue weighted by molar-refractivity contribution is 9.10. The van der Waals surface area contributed by atoms with Gasteiger partial charge in [-0.25, -0.2) is 4.98 Å². The van der Waals surface area contributed by atoms with Crippen LogP contribution in [-0.2, 0) is 9.53 Å². The number of pyridine rings is 1. The maximum Gasteiger partial charge on any atom is 0.309 e. The van der Waals surface area contributed by atoms with E-state index in [4.69, 9.17) is 9.47 Å². The van der Waals surface area contributed by atoms with Crippen LogP contribution in [-0.4, -0.2) is 22.7 Å². The zero-order valence-electron chi connectivity index (χ0n) is 12.8. The Labute approximate surface area is 134 Å². The largest absolute Gasteiger partial charge is 0.474 e. The number of esters is 1. The van der Waals surface area contributed by atoms with E-state index >= 15 is 0 Å². The number of carbonyl (C=O) groups is 1. The Hall–Kier alpha value is -1.10. The summed E-state index contributed by atoms with van der Waals surface area (Å²) < 4.78 is 12.2. The smallest absolute Gasteiger partial charge is 0.309 e. The average Bonchev–Trinajstić information content (AvgIpc) is 2.40. The van der Waals surface area contributed by atoms with Gasteiger partial charge in [0.2, 0.25) is 5.88 Å². The van der Waals surface area contributed by atoms with Crippen molar-refractivity contribution in [2.24, 2.45) is 5.92 Å². The molecule has 1 saturated carbocycles. The molecule has 1 aromatic rings. The van der Waals surface area contributed by atoms with Crippen molar-refractivity contribution in [3.63, 3.8) is 0 Å². The Balaban J connectivity index is 1.80. The normalized spacial score (nSPS) is 22.7. The molecule has 0 saturated heterocycles. The van der Waals surface area contributed by atoms with Gasteiger partial charge in [0.15, 0.2) is 0 Å². The zero-order valence-corrected chi connectivity index (χ0v) is 14.4. The summed E-state index contributed by atoms with van der Waals surface area (Å²) in [6.45, 7) is 5.70. The second kappa shape index (κ2) is 6.77. The molecule has 116 valence electrons. The van der Waals surface area contributed by atoms with Crippen LogP contribution in [0.25, 0.3) is 0 Å². The third-order valence-electron chi connectivity index (χ3n) is 3.40. The van der Waals surface area contributed by atoms with Gasteiger partial charge in [-0.2, -0.15) is 0 Å². The second-order valence-electron chi connectivity index (χ2n) is 6.44. The van der Waals surface area contributed by atoms with Crippen LogP contribution in [0.3, 0.4) is 0 Å². The van der Waals surface area contributed by atoms with E-state index in [1.165, 1.54) is 0 Å². The Morgan fingerprint density at radius 2 is 1.90 bits per heavy atom. The summed E-state index contributed by atoms with van der Waals surface area (Å²) in [6, 6.07) is 3.76. The second-order valence-corrected chi connectivity index (χ2v) is 7.36. The number of aromatic nitrogens is 1. The predicted molar refractivity (Wildman–Crippen MR) is 84.2 cm³/mol. The Morgan fingerprint density at radius 1 is 1.24 bits per heavy atom. The molecule has 0 bridgehead atoms. The molecule has 0 aliphatic heterocycles. The fraction of sp³-hybridized carbons (Fsp3) is 0.625. The summed E-state index contributed by atoms with van der Waals surface area (Å²) in [6.07, 6.45) is 5.22. The standard InChI is InChI=1S/C16H22BrNO3/c1-16(2,3)21-15(19)11-4-7-13(8-5-11)20-14-9-6-12(17)10-18-14/h6,9-11,13H,4-5,7-8H2,1-3H3. The molecule has 0 radical (unpaired) electrons. The van der Waals surface area contributed by atoms with Crippen molar-refractivity contribution in [2.45, 2.75) is 58.2 Å². The molecule has 0 amide bonds. The Morgan fingerprint density at radius 3 is 2.43 bits per heavy atom. The number of nitrogens with zero attached hydrogens (tertiary/aromatic N) is 1. The monoisotopic (exact) mass is 355 g/mol. The van der Waals surface area contributed by atoms with Crippen LogP contribution in [0.4, 0.5) is 0 Å². The minimum Gasteiger partial charge on any atom is -0.474 e. The average molecular weight is 356 g/mol. The summed E-state index contributed by atoms with van der Waals surface area (Å²) in [5.41, 5.74) is -0.411. The molecule has 0 unspecified atom stereocenters. The van der Waals surface area contributed by atoms with Crippen molar-refractivity contribution >= 4 is 21.9 Å². The molecule has 0 atom stereocenters. The number of carbonyl (C=O) groups excluding carboxylic acids is 1. The maximum atomic E-state index is 12.0. The molecule has 5 heteroatoms. The van der Waals surface area contributed by atoms with Crippen molar-refractivity contribution in [3.05, 3.63) is 22.8 Å². The first-order valence-electron chi connectivity index (χ1n) is 7.34. The first-order chi connectivity index (χ1) is 9.83. The molecule has 0 spiro atoms. The number of hydrogen-bond acceptors (Lipinski definition) is 4. The molecule has 1 aliphatic carbocycles. The van der Waals surface area contributed by atoms with Gasteiger partial charge in [0.1, 0.15) is 11.7 Å². The van der Waals surface area contributed by atoms with Gasteiger partial charge in [0.05, 0.1) is 5.92 Å². The Kier molecular flexibility index (Phi) is 5.25. The molecule has 0 aromatic carbocycles. The van der Waals surface area contributed by atoms with Gasteiger partial charge in [-0.1, -0.05) is 0 Å². The molecule has 1 fully saturated rings. The molecule has 2 rings (SSSR count). The molecular formula is C16H22BrNO3. The highest BCUT2D eigenvalue weighted by Gasteiger charge is 2.30. The van der Waals surface area contributed by atoms with E-state index in [2.05, 4.69) is 20.9 Å². The first kappa shape index (κ1) is 16.3. The van der Waals surface area contributed by atoms with E-state index in [0.29, 0.717) is 5.88 Å². The summed E-state index contributed by atoms with van der Waals surface area (Å²) in [5, 5.41) is 0. The van der Waals surface area contributed by atoms with E-state index in [-0.39, 0.29) is 18.0 Å². The number of rotatable bonds is 3. The fourth-order valence-corrected chi connectivity index (χ4v) is 2.64. The van der Waals surface area contributed by atoms with Gasteiger partial charge in [-0.15, -0.1) is 0 Å². The summed E-state index contributed by atoms with van der Waals surface area (Å²) in [5.74, 6) is 0.559. The van der Waals surface area contributed by atoms with Gasteiger partial charge in [-0.05, 0) is 68.5 Å². The van der Waals surface area contributed by atoms with E-state index < -0.39 is 5.60 Å². The van der Waals surface area contributed by atoms with Crippen LogP contribution in [0.2, 0.25) is 0 Å². The lowest BCUT2D eigenvalue weighted by atomic mass is 9.87. The number of halogens is 1. The van der Waals surface area contributed by atoms with Crippen molar-refractivity contribution < 1.29 is 14.3 Å². The van der Waals surface area contributed by atoms with E-state index in [1.807, 2.05) is 32.9 Å². The van der Waals surface area contributed by atoms with Crippen LogP contribution in [0.15, 0.2) is 22.8 Å². The number of ether oxygens (including phenoxy) is 2. The summed E-state index contributed by atoms with van der Waals surface area (Å²) in [7, 11) is 0. The van der Waals surface area contributed by atoms with Gasteiger partial charge in [0, 0.05) is 16.7 Å². The third kappa shape index (κ3) is 5.30. The highest BCUT2D eigenvalue weighted by atomic mass is 79.9. The lowest BCUT2D eigenvalue weighted by molar-refractivity contribution is -0.161. The van der Waals surface area contributed by atoms with Crippen LogP contribution < -0.4 is 4.74 Å². The topological polar surface area (TPSA) is 48.4 Å². The molecule has 1 aliphatic rings. The lowest BCUT2D eigenvalue weighted by Gasteiger charge is -2.29. The summed E-state index contributed by atoms with van der Waals surface area (Å²) in [4.78, 5) is 16.2. The third-order valence-corrected chi connectivity index (χ3v) is 3.87. The van der Waals surface area contributed by atoms with E-state index in [0.717, 1.165) is 30.2 Å². The molecule has 1 heterocycles. The SMILES string of the molecule is CC(C)(C)OC(=O)C1CCC(Oc2ccc(Br)cn2)CC1. The van der Waals surface area contributed by atoms with E-state index in [9.17, 15) is 4.79 Å². The zero-order chi connectivity index (χ0) is 15.5. The quantitative estimate of drug-likeness (QED) is 0.765. The van der Waals surface area contributed by atoms with Crippen LogP contribution in [0.1, 0.15) is 46.5 Å². The van der Waals surface area contributed by atoms with Crippen LogP contribution in [0.5, 0.6) is 5.88 Å². The molecule has 21 heavy (non-hydrogen) atoms. The van der Waals surface area contributed by atoms with Gasteiger partial charge >= 0.3 is 5.97 Å². The van der Waals surface area contributed by atoms with Crippen LogP contribution >= 0.6 is 15.9 Å². The number of hydrogen-bond donors (Lipinski definition) is 0. The summed E-state index contributed by atoms with van der Waals surface area (Å²) >= 11 is 3.35. The van der Waals surface area contributed by atoms with Crippen LogP contribution in [0, 0.1) is 5.92 Å².